The number of amides is 3. The average Bonchev–Trinajstić information content (AvgIpc) is 3.11. The van der Waals surface area contributed by atoms with Crippen molar-refractivity contribution in [3.8, 4) is 0 Å². The van der Waals surface area contributed by atoms with Crippen LogP contribution in [0.3, 0.4) is 0 Å². The molecular formula is C18H18F2N6O2. The summed E-state index contributed by atoms with van der Waals surface area (Å²) in [7, 11) is 0. The van der Waals surface area contributed by atoms with Gasteiger partial charge in [0.05, 0.1) is 18.3 Å². The maximum absolute atomic E-state index is 12.9. The minimum Gasteiger partial charge on any atom is -0.366 e. The lowest BCUT2D eigenvalue weighted by Crippen LogP contribution is -2.48. The predicted octanol–water partition coefficient (Wildman–Crippen LogP) is 2.10. The molecule has 8 nitrogen and oxygen atoms in total. The highest BCUT2D eigenvalue weighted by Crippen LogP contribution is 2.39. The number of carbonyl (C=O) groups excluding carboxylic acids is 2. The Morgan fingerprint density at radius 1 is 1.25 bits per heavy atom. The maximum Gasteiger partial charge on any atom is 0.329 e. The SMILES string of the molecule is O=C(NCC(F)F)c1ccc2c(n1)N(C(=O)Nc1ccccn1)[C@H]1CCN2C1. The number of anilines is 3. The largest absolute Gasteiger partial charge is 0.366 e. The van der Waals surface area contributed by atoms with Crippen molar-refractivity contribution >= 4 is 29.3 Å². The summed E-state index contributed by atoms with van der Waals surface area (Å²) in [5, 5.41) is 4.87. The average molecular weight is 388 g/mol. The highest BCUT2D eigenvalue weighted by atomic mass is 19.3. The molecule has 0 saturated carbocycles. The summed E-state index contributed by atoms with van der Waals surface area (Å²) in [6, 6.07) is 7.85. The van der Waals surface area contributed by atoms with Crippen LogP contribution in [0.2, 0.25) is 0 Å². The van der Waals surface area contributed by atoms with Crippen LogP contribution in [0.25, 0.3) is 0 Å². The van der Waals surface area contributed by atoms with Crippen molar-refractivity contribution in [2.24, 2.45) is 0 Å². The molecule has 0 radical (unpaired) electrons. The molecule has 4 rings (SSSR count). The van der Waals surface area contributed by atoms with Gasteiger partial charge in [-0.25, -0.2) is 23.5 Å². The van der Waals surface area contributed by atoms with Gasteiger partial charge in [-0.1, -0.05) is 6.07 Å². The minimum absolute atomic E-state index is 0.0162. The molecule has 1 saturated heterocycles. The Hall–Kier alpha value is -3.30. The number of nitrogens with zero attached hydrogens (tertiary/aromatic N) is 4. The van der Waals surface area contributed by atoms with E-state index in [1.807, 2.05) is 0 Å². The molecule has 28 heavy (non-hydrogen) atoms. The van der Waals surface area contributed by atoms with E-state index in [4.69, 9.17) is 0 Å². The van der Waals surface area contributed by atoms with Crippen LogP contribution in [-0.4, -0.2) is 54.0 Å². The number of halogens is 2. The fraction of sp³-hybridized carbons (Fsp3) is 0.333. The number of hydrogen-bond acceptors (Lipinski definition) is 5. The monoisotopic (exact) mass is 388 g/mol. The molecule has 2 aliphatic heterocycles. The van der Waals surface area contributed by atoms with E-state index in [9.17, 15) is 18.4 Å². The van der Waals surface area contributed by atoms with E-state index < -0.39 is 24.9 Å². The molecule has 0 aliphatic carbocycles. The van der Waals surface area contributed by atoms with Crippen molar-refractivity contribution in [3.05, 3.63) is 42.2 Å². The second-order valence-electron chi connectivity index (χ2n) is 6.54. The van der Waals surface area contributed by atoms with Gasteiger partial charge in [-0.05, 0) is 30.7 Å². The highest BCUT2D eigenvalue weighted by molar-refractivity contribution is 6.05. The minimum atomic E-state index is -2.65. The zero-order valence-electron chi connectivity index (χ0n) is 14.8. The third-order valence-electron chi connectivity index (χ3n) is 4.72. The van der Waals surface area contributed by atoms with E-state index >= 15 is 0 Å². The lowest BCUT2D eigenvalue weighted by Gasteiger charge is -2.35. The first-order valence-electron chi connectivity index (χ1n) is 8.86. The smallest absolute Gasteiger partial charge is 0.329 e. The molecule has 0 spiro atoms. The van der Waals surface area contributed by atoms with E-state index in [1.165, 1.54) is 11.0 Å². The molecule has 2 bridgehead atoms. The van der Waals surface area contributed by atoms with Crippen LogP contribution in [0.5, 0.6) is 0 Å². The molecule has 1 fully saturated rings. The summed E-state index contributed by atoms with van der Waals surface area (Å²) in [6.45, 7) is 0.682. The number of pyridine rings is 2. The lowest BCUT2D eigenvalue weighted by molar-refractivity contribution is 0.0887. The summed E-state index contributed by atoms with van der Waals surface area (Å²) in [6.07, 6.45) is -0.316. The fourth-order valence-electron chi connectivity index (χ4n) is 3.46. The number of hydrogen-bond donors (Lipinski definition) is 2. The first-order chi connectivity index (χ1) is 13.5. The summed E-state index contributed by atoms with van der Waals surface area (Å²) < 4.78 is 24.7. The number of rotatable bonds is 4. The van der Waals surface area contributed by atoms with Crippen LogP contribution in [0, 0.1) is 0 Å². The molecule has 0 aromatic carbocycles. The van der Waals surface area contributed by atoms with Gasteiger partial charge in [0.1, 0.15) is 11.5 Å². The van der Waals surface area contributed by atoms with Gasteiger partial charge < -0.3 is 10.2 Å². The number of aromatic nitrogens is 2. The number of alkyl halides is 2. The lowest BCUT2D eigenvalue weighted by atomic mass is 10.1. The molecule has 1 atom stereocenters. The Labute approximate surface area is 159 Å². The highest BCUT2D eigenvalue weighted by Gasteiger charge is 2.40. The summed E-state index contributed by atoms with van der Waals surface area (Å²) >= 11 is 0. The van der Waals surface area contributed by atoms with E-state index in [0.29, 0.717) is 18.2 Å². The zero-order valence-corrected chi connectivity index (χ0v) is 14.8. The van der Waals surface area contributed by atoms with Gasteiger partial charge in [-0.15, -0.1) is 0 Å². The second kappa shape index (κ2) is 7.37. The summed E-state index contributed by atoms with van der Waals surface area (Å²) in [5.41, 5.74) is 0.716. The van der Waals surface area contributed by atoms with Crippen LogP contribution < -0.4 is 20.4 Å². The normalized spacial score (nSPS) is 17.5. The molecule has 3 amide bonds. The molecule has 0 unspecified atom stereocenters. The molecule has 2 aromatic heterocycles. The Morgan fingerprint density at radius 3 is 2.86 bits per heavy atom. The Kier molecular flexibility index (Phi) is 4.76. The molecule has 2 aliphatic rings. The predicted molar refractivity (Wildman–Crippen MR) is 98.9 cm³/mol. The number of carbonyl (C=O) groups is 2. The van der Waals surface area contributed by atoms with Crippen molar-refractivity contribution in [2.75, 3.05) is 34.8 Å². The summed E-state index contributed by atoms with van der Waals surface area (Å²) in [5.74, 6) is 0.0355. The van der Waals surface area contributed by atoms with Crippen molar-refractivity contribution in [2.45, 2.75) is 18.9 Å². The van der Waals surface area contributed by atoms with Crippen LogP contribution in [-0.2, 0) is 0 Å². The van der Waals surface area contributed by atoms with Gasteiger partial charge in [0.25, 0.3) is 12.3 Å². The van der Waals surface area contributed by atoms with Crippen molar-refractivity contribution < 1.29 is 18.4 Å². The second-order valence-corrected chi connectivity index (χ2v) is 6.54. The van der Waals surface area contributed by atoms with Crippen molar-refractivity contribution in [3.63, 3.8) is 0 Å². The van der Waals surface area contributed by atoms with E-state index in [2.05, 4.69) is 25.5 Å². The quantitative estimate of drug-likeness (QED) is 0.837. The molecule has 2 aromatic rings. The Balaban J connectivity index is 1.63. The van der Waals surface area contributed by atoms with Crippen LogP contribution >= 0.6 is 0 Å². The number of fused-ring (bicyclic) bond motifs is 4. The van der Waals surface area contributed by atoms with Gasteiger partial charge in [0.15, 0.2) is 5.82 Å². The topological polar surface area (TPSA) is 90.5 Å². The zero-order chi connectivity index (χ0) is 19.7. The van der Waals surface area contributed by atoms with Crippen LogP contribution in [0.15, 0.2) is 36.5 Å². The fourth-order valence-corrected chi connectivity index (χ4v) is 3.46. The third-order valence-corrected chi connectivity index (χ3v) is 4.72. The third kappa shape index (κ3) is 3.45. The number of nitrogens with one attached hydrogen (secondary N) is 2. The summed E-state index contributed by atoms with van der Waals surface area (Å²) in [4.78, 5) is 37.1. The van der Waals surface area contributed by atoms with Crippen molar-refractivity contribution in [1.29, 1.82) is 0 Å². The standard InChI is InChI=1S/C18H18F2N6O2/c19-14(20)9-22-17(27)12-4-5-13-16(23-12)26(11-6-8-25(13)10-11)18(28)24-15-3-1-2-7-21-15/h1-5,7,11,14H,6,8-10H2,(H,22,27)(H,21,24,28)/t11-/m0/s1. The van der Waals surface area contributed by atoms with Gasteiger partial charge in [0.2, 0.25) is 0 Å². The van der Waals surface area contributed by atoms with Gasteiger partial charge >= 0.3 is 6.03 Å². The maximum atomic E-state index is 12.9. The van der Waals surface area contributed by atoms with E-state index in [1.54, 1.807) is 30.5 Å². The van der Waals surface area contributed by atoms with Crippen LogP contribution in [0.4, 0.5) is 30.9 Å². The van der Waals surface area contributed by atoms with E-state index in [0.717, 1.165) is 18.7 Å². The van der Waals surface area contributed by atoms with Gasteiger partial charge in [-0.3, -0.25) is 15.0 Å². The Morgan fingerprint density at radius 2 is 2.11 bits per heavy atom. The molecule has 146 valence electrons. The Bertz CT molecular complexity index is 895. The van der Waals surface area contributed by atoms with Crippen molar-refractivity contribution in [1.82, 2.24) is 15.3 Å². The van der Waals surface area contributed by atoms with E-state index in [-0.39, 0.29) is 11.7 Å². The molecule has 10 heteroatoms. The van der Waals surface area contributed by atoms with Gasteiger partial charge in [0, 0.05) is 19.3 Å². The van der Waals surface area contributed by atoms with Crippen LogP contribution in [0.1, 0.15) is 16.9 Å². The first-order valence-corrected chi connectivity index (χ1v) is 8.86. The molecular weight excluding hydrogens is 370 g/mol. The van der Waals surface area contributed by atoms with Gasteiger partial charge in [-0.2, -0.15) is 0 Å². The molecule has 4 heterocycles. The molecule has 2 N–H and O–H groups in total. The number of urea groups is 1. The first kappa shape index (κ1) is 18.1.